The van der Waals surface area contributed by atoms with Crippen LogP contribution in [0.1, 0.15) is 27.7 Å². The second-order valence-electron chi connectivity index (χ2n) is 7.48. The number of benzene rings is 3. The molecule has 2 N–H and O–H groups in total. The molecule has 0 saturated carbocycles. The molecule has 0 bridgehead atoms. The Hall–Kier alpha value is -3.97. The number of nitrogens with one attached hydrogen (secondary N) is 1. The molecule has 0 aliphatic rings. The minimum Gasteiger partial charge on any atom is -0.481 e. The molecule has 3 aromatic carbocycles. The standard InChI is InChI=1S/C25H19N3O3S/c29-24(30)14-20(16-6-2-1-3-7-16)28-15-26-19-11-10-18(13-21(19)28)27-25(31)23-12-17-8-4-5-9-22(17)32-23/h1-13,15,20H,14H2,(H,27,31)(H,29,30). The molecule has 5 rings (SSSR count). The van der Waals surface area contributed by atoms with E-state index in [0.29, 0.717) is 10.6 Å². The largest absolute Gasteiger partial charge is 0.481 e. The Kier molecular flexibility index (Phi) is 5.17. The van der Waals surface area contributed by atoms with E-state index < -0.39 is 12.0 Å². The summed E-state index contributed by atoms with van der Waals surface area (Å²) in [5.74, 6) is -1.07. The summed E-state index contributed by atoms with van der Waals surface area (Å²) in [7, 11) is 0. The lowest BCUT2D eigenvalue weighted by Gasteiger charge is -2.18. The van der Waals surface area contributed by atoms with Gasteiger partial charge in [0.05, 0.1) is 34.7 Å². The number of rotatable bonds is 6. The number of aliphatic carboxylic acids is 1. The molecule has 2 aromatic heterocycles. The summed E-state index contributed by atoms with van der Waals surface area (Å²) >= 11 is 1.45. The first-order chi connectivity index (χ1) is 15.6. The number of hydrogen-bond acceptors (Lipinski definition) is 4. The molecular weight excluding hydrogens is 422 g/mol. The van der Waals surface area contributed by atoms with Gasteiger partial charge in [-0.2, -0.15) is 0 Å². The van der Waals surface area contributed by atoms with Gasteiger partial charge in [0.25, 0.3) is 5.91 Å². The number of amides is 1. The van der Waals surface area contributed by atoms with Crippen LogP contribution in [0.4, 0.5) is 5.69 Å². The van der Waals surface area contributed by atoms with Gasteiger partial charge in [0.1, 0.15) is 0 Å². The van der Waals surface area contributed by atoms with E-state index in [1.165, 1.54) is 11.3 Å². The van der Waals surface area contributed by atoms with Gasteiger partial charge in [-0.25, -0.2) is 4.98 Å². The fourth-order valence-corrected chi connectivity index (χ4v) is 4.81. The van der Waals surface area contributed by atoms with Crippen LogP contribution in [-0.4, -0.2) is 26.5 Å². The molecular formula is C25H19N3O3S. The van der Waals surface area contributed by atoms with E-state index in [1.807, 2.05) is 77.4 Å². The molecule has 5 aromatic rings. The molecule has 1 amide bonds. The van der Waals surface area contributed by atoms with Crippen molar-refractivity contribution in [2.45, 2.75) is 12.5 Å². The predicted octanol–water partition coefficient (Wildman–Crippen LogP) is 5.57. The molecule has 7 heteroatoms. The van der Waals surface area contributed by atoms with Crippen molar-refractivity contribution >= 4 is 50.0 Å². The van der Waals surface area contributed by atoms with Gasteiger partial charge in [-0.1, -0.05) is 48.5 Å². The Bertz CT molecular complexity index is 1410. The van der Waals surface area contributed by atoms with Gasteiger partial charge in [-0.15, -0.1) is 11.3 Å². The van der Waals surface area contributed by atoms with E-state index in [2.05, 4.69) is 10.3 Å². The van der Waals surface area contributed by atoms with Crippen molar-refractivity contribution < 1.29 is 14.7 Å². The maximum absolute atomic E-state index is 12.8. The van der Waals surface area contributed by atoms with E-state index in [9.17, 15) is 14.7 Å². The molecule has 32 heavy (non-hydrogen) atoms. The third-order valence-electron chi connectivity index (χ3n) is 5.37. The van der Waals surface area contributed by atoms with Gasteiger partial charge < -0.3 is 15.0 Å². The minimum absolute atomic E-state index is 0.0756. The average Bonchev–Trinajstić information content (AvgIpc) is 3.42. The van der Waals surface area contributed by atoms with Crippen LogP contribution in [0.2, 0.25) is 0 Å². The van der Waals surface area contributed by atoms with Crippen molar-refractivity contribution in [3.63, 3.8) is 0 Å². The third-order valence-corrected chi connectivity index (χ3v) is 6.48. The molecule has 0 aliphatic heterocycles. The van der Waals surface area contributed by atoms with E-state index in [-0.39, 0.29) is 12.3 Å². The van der Waals surface area contributed by atoms with Crippen LogP contribution >= 0.6 is 11.3 Å². The molecule has 0 spiro atoms. The molecule has 0 fully saturated rings. The van der Waals surface area contributed by atoms with Crippen molar-refractivity contribution in [1.82, 2.24) is 9.55 Å². The Balaban J connectivity index is 1.49. The first-order valence-corrected chi connectivity index (χ1v) is 10.9. The normalized spacial score (nSPS) is 12.1. The van der Waals surface area contributed by atoms with Gasteiger partial charge >= 0.3 is 5.97 Å². The number of imidazole rings is 1. The molecule has 6 nitrogen and oxygen atoms in total. The zero-order chi connectivity index (χ0) is 22.1. The summed E-state index contributed by atoms with van der Waals surface area (Å²) in [6.45, 7) is 0. The second kappa shape index (κ2) is 8.28. The highest BCUT2D eigenvalue weighted by Gasteiger charge is 2.20. The van der Waals surface area contributed by atoms with Crippen LogP contribution in [-0.2, 0) is 4.79 Å². The number of carbonyl (C=O) groups is 2. The van der Waals surface area contributed by atoms with Gasteiger partial charge in [-0.05, 0) is 41.3 Å². The van der Waals surface area contributed by atoms with E-state index in [1.54, 1.807) is 12.4 Å². The number of thiophene rings is 1. The average molecular weight is 442 g/mol. The zero-order valence-electron chi connectivity index (χ0n) is 16.9. The smallest absolute Gasteiger partial charge is 0.305 e. The molecule has 0 aliphatic carbocycles. The Morgan fingerprint density at radius 1 is 1.00 bits per heavy atom. The lowest BCUT2D eigenvalue weighted by molar-refractivity contribution is -0.137. The highest BCUT2D eigenvalue weighted by atomic mass is 32.1. The summed E-state index contributed by atoms with van der Waals surface area (Å²) in [6.07, 6.45) is 1.58. The van der Waals surface area contributed by atoms with Crippen LogP contribution in [0, 0.1) is 0 Å². The number of fused-ring (bicyclic) bond motifs is 2. The van der Waals surface area contributed by atoms with Crippen LogP contribution in [0.5, 0.6) is 0 Å². The van der Waals surface area contributed by atoms with Gasteiger partial charge in [-0.3, -0.25) is 9.59 Å². The van der Waals surface area contributed by atoms with Crippen molar-refractivity contribution in [3.05, 3.63) is 95.6 Å². The van der Waals surface area contributed by atoms with Gasteiger partial charge in [0.15, 0.2) is 0 Å². The SMILES string of the molecule is O=C(O)CC(c1ccccc1)n1cnc2ccc(NC(=O)c3cc4ccccc4s3)cc21. The Labute approximate surface area is 187 Å². The molecule has 1 unspecified atom stereocenters. The number of aromatic nitrogens is 2. The summed E-state index contributed by atoms with van der Waals surface area (Å²) in [4.78, 5) is 29.5. The van der Waals surface area contributed by atoms with Crippen molar-refractivity contribution in [2.75, 3.05) is 5.32 Å². The monoisotopic (exact) mass is 441 g/mol. The summed E-state index contributed by atoms with van der Waals surface area (Å²) in [6, 6.07) is 24.3. The second-order valence-corrected chi connectivity index (χ2v) is 8.57. The molecule has 158 valence electrons. The fourth-order valence-electron chi connectivity index (χ4n) is 3.86. The van der Waals surface area contributed by atoms with Crippen LogP contribution < -0.4 is 5.32 Å². The Morgan fingerprint density at radius 2 is 1.78 bits per heavy atom. The van der Waals surface area contributed by atoms with Crippen molar-refractivity contribution in [3.8, 4) is 0 Å². The topological polar surface area (TPSA) is 84.2 Å². The maximum Gasteiger partial charge on any atom is 0.305 e. The summed E-state index contributed by atoms with van der Waals surface area (Å²) < 4.78 is 2.92. The quantitative estimate of drug-likeness (QED) is 0.361. The number of nitrogens with zero attached hydrogens (tertiary/aromatic N) is 2. The molecule has 1 atom stereocenters. The van der Waals surface area contributed by atoms with Gasteiger partial charge in [0, 0.05) is 10.4 Å². The Morgan fingerprint density at radius 3 is 2.56 bits per heavy atom. The van der Waals surface area contributed by atoms with E-state index >= 15 is 0 Å². The van der Waals surface area contributed by atoms with Crippen LogP contribution in [0.3, 0.4) is 0 Å². The van der Waals surface area contributed by atoms with Crippen LogP contribution in [0.15, 0.2) is 85.2 Å². The highest BCUT2D eigenvalue weighted by molar-refractivity contribution is 7.20. The highest BCUT2D eigenvalue weighted by Crippen LogP contribution is 2.29. The van der Waals surface area contributed by atoms with E-state index in [4.69, 9.17) is 0 Å². The van der Waals surface area contributed by atoms with Crippen LogP contribution in [0.25, 0.3) is 21.1 Å². The third kappa shape index (κ3) is 3.86. The number of hydrogen-bond donors (Lipinski definition) is 2. The first-order valence-electron chi connectivity index (χ1n) is 10.1. The number of anilines is 1. The zero-order valence-corrected chi connectivity index (χ0v) is 17.8. The van der Waals surface area contributed by atoms with Crippen molar-refractivity contribution in [1.29, 1.82) is 0 Å². The lowest BCUT2D eigenvalue weighted by atomic mass is 10.0. The predicted molar refractivity (Wildman–Crippen MR) is 126 cm³/mol. The van der Waals surface area contributed by atoms with E-state index in [0.717, 1.165) is 26.7 Å². The van der Waals surface area contributed by atoms with Gasteiger partial charge in [0.2, 0.25) is 0 Å². The fraction of sp³-hybridized carbons (Fsp3) is 0.0800. The lowest BCUT2D eigenvalue weighted by Crippen LogP contribution is -2.14. The minimum atomic E-state index is -0.894. The number of carboxylic acid groups (broad SMARTS) is 1. The molecule has 0 saturated heterocycles. The maximum atomic E-state index is 12.8. The summed E-state index contributed by atoms with van der Waals surface area (Å²) in [5.41, 5.74) is 3.00. The number of carbonyl (C=O) groups excluding carboxylic acids is 1. The first kappa shape index (κ1) is 20.0. The molecule has 2 heterocycles. The van der Waals surface area contributed by atoms with Crippen molar-refractivity contribution in [2.24, 2.45) is 0 Å². The summed E-state index contributed by atoms with van der Waals surface area (Å²) in [5, 5.41) is 13.5. The number of carboxylic acids is 1. The molecule has 0 radical (unpaired) electrons.